The van der Waals surface area contributed by atoms with E-state index in [9.17, 15) is 18.0 Å². The molecule has 0 aromatic carbocycles. The third kappa shape index (κ3) is 7.37. The lowest BCUT2D eigenvalue weighted by molar-refractivity contribution is -0.186. The Kier molecular flexibility index (Phi) is 4.70. The summed E-state index contributed by atoms with van der Waals surface area (Å²) in [6.07, 6.45) is -3.02. The van der Waals surface area contributed by atoms with Crippen LogP contribution in [0.2, 0.25) is 0 Å². The summed E-state index contributed by atoms with van der Waals surface area (Å²) in [5.74, 6) is -0.783. The smallest absolute Gasteiger partial charge is 0.422 e. The van der Waals surface area contributed by atoms with Crippen molar-refractivity contribution in [2.24, 2.45) is 0 Å². The highest BCUT2D eigenvalue weighted by Crippen LogP contribution is 2.14. The number of hydrogen-bond acceptors (Lipinski definition) is 2. The first-order chi connectivity index (χ1) is 5.45. The molecule has 0 aliphatic carbocycles. The van der Waals surface area contributed by atoms with Gasteiger partial charge >= 0.3 is 12.1 Å². The molecule has 5 heteroatoms. The molecule has 2 nitrogen and oxygen atoms in total. The molecule has 0 saturated heterocycles. The van der Waals surface area contributed by atoms with Crippen molar-refractivity contribution in [1.82, 2.24) is 0 Å². The van der Waals surface area contributed by atoms with Gasteiger partial charge in [-0.2, -0.15) is 13.2 Å². The zero-order valence-corrected chi connectivity index (χ0v) is 6.78. The number of carbonyl (C=O) groups excluding carboxylic acids is 1. The minimum Gasteiger partial charge on any atom is -0.456 e. The van der Waals surface area contributed by atoms with Gasteiger partial charge in [0.2, 0.25) is 0 Å². The van der Waals surface area contributed by atoms with E-state index in [1.165, 1.54) is 0 Å². The summed E-state index contributed by atoms with van der Waals surface area (Å²) < 4.78 is 38.3. The molecule has 0 atom stereocenters. The molecule has 0 bridgehead atoms. The Morgan fingerprint density at radius 1 is 1.42 bits per heavy atom. The van der Waals surface area contributed by atoms with Crippen LogP contribution in [-0.4, -0.2) is 18.8 Å². The van der Waals surface area contributed by atoms with Crippen LogP contribution < -0.4 is 0 Å². The summed E-state index contributed by atoms with van der Waals surface area (Å²) in [6, 6.07) is 0. The predicted molar refractivity (Wildman–Crippen MR) is 36.5 cm³/mol. The van der Waals surface area contributed by atoms with Crippen molar-refractivity contribution in [3.63, 3.8) is 0 Å². The zero-order valence-electron chi connectivity index (χ0n) is 6.78. The van der Waals surface area contributed by atoms with Crippen molar-refractivity contribution in [2.45, 2.75) is 32.4 Å². The molecular weight excluding hydrogens is 173 g/mol. The number of alkyl halides is 3. The van der Waals surface area contributed by atoms with Crippen LogP contribution in [0.25, 0.3) is 0 Å². The van der Waals surface area contributed by atoms with Crippen LogP contribution >= 0.6 is 0 Å². The van der Waals surface area contributed by atoms with Crippen molar-refractivity contribution in [3.8, 4) is 0 Å². The van der Waals surface area contributed by atoms with Crippen LogP contribution in [0.5, 0.6) is 0 Å². The Labute approximate surface area is 68.7 Å². The van der Waals surface area contributed by atoms with Crippen LogP contribution in [-0.2, 0) is 9.53 Å². The molecule has 0 unspecified atom stereocenters. The van der Waals surface area contributed by atoms with E-state index in [-0.39, 0.29) is 6.42 Å². The highest BCUT2D eigenvalue weighted by atomic mass is 19.4. The van der Waals surface area contributed by atoms with Gasteiger partial charge in [0, 0.05) is 6.42 Å². The maximum atomic E-state index is 11.5. The summed E-state index contributed by atoms with van der Waals surface area (Å²) in [6.45, 7) is 0.368. The lowest BCUT2D eigenvalue weighted by Crippen LogP contribution is -2.20. The molecule has 0 N–H and O–H groups in total. The third-order valence-electron chi connectivity index (χ3n) is 1.13. The summed E-state index contributed by atoms with van der Waals surface area (Å²) in [4.78, 5) is 10.5. The number of hydrogen-bond donors (Lipinski definition) is 0. The first-order valence-corrected chi connectivity index (χ1v) is 3.68. The van der Waals surface area contributed by atoms with E-state index >= 15 is 0 Å². The Morgan fingerprint density at radius 3 is 2.42 bits per heavy atom. The van der Waals surface area contributed by atoms with Gasteiger partial charge in [-0.3, -0.25) is 4.79 Å². The standard InChI is InChI=1S/C7H11F3O2/c1-2-3-4-6(11)12-5-7(8,9)10/h2-5H2,1H3. The van der Waals surface area contributed by atoms with Gasteiger partial charge in [-0.25, -0.2) is 0 Å². The average molecular weight is 184 g/mol. The fourth-order valence-corrected chi connectivity index (χ4v) is 0.556. The zero-order chi connectivity index (χ0) is 9.61. The van der Waals surface area contributed by atoms with E-state index < -0.39 is 18.8 Å². The molecule has 0 fully saturated rings. The highest BCUT2D eigenvalue weighted by Gasteiger charge is 2.29. The first kappa shape index (κ1) is 11.3. The molecule has 0 aromatic rings. The van der Waals surface area contributed by atoms with E-state index in [0.717, 1.165) is 6.42 Å². The molecule has 0 spiro atoms. The van der Waals surface area contributed by atoms with E-state index in [1.54, 1.807) is 0 Å². The van der Waals surface area contributed by atoms with Crippen molar-refractivity contribution in [2.75, 3.05) is 6.61 Å². The minimum absolute atomic E-state index is 0.0621. The fourth-order valence-electron chi connectivity index (χ4n) is 0.556. The molecule has 0 saturated carbocycles. The normalized spacial score (nSPS) is 11.3. The van der Waals surface area contributed by atoms with Gasteiger partial charge in [-0.05, 0) is 6.42 Å². The van der Waals surface area contributed by atoms with Gasteiger partial charge in [0.25, 0.3) is 0 Å². The second kappa shape index (κ2) is 5.00. The van der Waals surface area contributed by atoms with E-state index in [4.69, 9.17) is 0 Å². The summed E-state index contributed by atoms with van der Waals surface area (Å²) in [7, 11) is 0. The molecule has 0 heterocycles. The number of carbonyl (C=O) groups is 1. The van der Waals surface area contributed by atoms with E-state index in [2.05, 4.69) is 4.74 Å². The average Bonchev–Trinajstić information content (AvgIpc) is 1.95. The second-order valence-corrected chi connectivity index (χ2v) is 2.38. The van der Waals surface area contributed by atoms with Crippen LogP contribution in [0, 0.1) is 0 Å². The van der Waals surface area contributed by atoms with Crippen LogP contribution in [0.15, 0.2) is 0 Å². The molecule has 0 radical (unpaired) electrons. The first-order valence-electron chi connectivity index (χ1n) is 3.68. The monoisotopic (exact) mass is 184 g/mol. The minimum atomic E-state index is -4.41. The maximum Gasteiger partial charge on any atom is 0.422 e. The third-order valence-corrected chi connectivity index (χ3v) is 1.13. The highest BCUT2D eigenvalue weighted by molar-refractivity contribution is 5.69. The molecule has 0 aromatic heterocycles. The number of esters is 1. The number of halogens is 3. The fraction of sp³-hybridized carbons (Fsp3) is 0.857. The van der Waals surface area contributed by atoms with Gasteiger partial charge in [0.15, 0.2) is 6.61 Å². The van der Waals surface area contributed by atoms with Crippen LogP contribution in [0.4, 0.5) is 13.2 Å². The lowest BCUT2D eigenvalue weighted by atomic mass is 10.2. The molecule has 12 heavy (non-hydrogen) atoms. The molecule has 72 valence electrons. The number of ether oxygens (including phenoxy) is 1. The summed E-state index contributed by atoms with van der Waals surface area (Å²) >= 11 is 0. The summed E-state index contributed by atoms with van der Waals surface area (Å²) in [5, 5.41) is 0. The van der Waals surface area contributed by atoms with Gasteiger partial charge in [-0.1, -0.05) is 13.3 Å². The quantitative estimate of drug-likeness (QED) is 0.626. The van der Waals surface area contributed by atoms with Gasteiger partial charge in [-0.15, -0.1) is 0 Å². The van der Waals surface area contributed by atoms with Gasteiger partial charge in [0.05, 0.1) is 0 Å². The number of rotatable bonds is 4. The largest absolute Gasteiger partial charge is 0.456 e. The topological polar surface area (TPSA) is 26.3 Å². The van der Waals surface area contributed by atoms with Crippen molar-refractivity contribution in [3.05, 3.63) is 0 Å². The molecule has 0 amide bonds. The predicted octanol–water partition coefficient (Wildman–Crippen LogP) is 2.28. The Morgan fingerprint density at radius 2 is 2.00 bits per heavy atom. The van der Waals surface area contributed by atoms with E-state index in [0.29, 0.717) is 6.42 Å². The van der Waals surface area contributed by atoms with Crippen LogP contribution in [0.3, 0.4) is 0 Å². The van der Waals surface area contributed by atoms with E-state index in [1.807, 2.05) is 6.92 Å². The van der Waals surface area contributed by atoms with Crippen molar-refractivity contribution < 1.29 is 22.7 Å². The SMILES string of the molecule is CCCCC(=O)OCC(F)(F)F. The Hall–Kier alpha value is -0.740. The van der Waals surface area contributed by atoms with Crippen molar-refractivity contribution in [1.29, 1.82) is 0 Å². The van der Waals surface area contributed by atoms with Crippen LogP contribution in [0.1, 0.15) is 26.2 Å². The van der Waals surface area contributed by atoms with Gasteiger partial charge in [0.1, 0.15) is 0 Å². The Bertz CT molecular complexity index is 142. The Balaban J connectivity index is 3.44. The molecule has 0 rings (SSSR count). The summed E-state index contributed by atoms with van der Waals surface area (Å²) in [5.41, 5.74) is 0. The molecular formula is C7H11F3O2. The molecule has 0 aliphatic heterocycles. The maximum absolute atomic E-state index is 11.5. The van der Waals surface area contributed by atoms with Crippen molar-refractivity contribution >= 4 is 5.97 Å². The second-order valence-electron chi connectivity index (χ2n) is 2.38. The molecule has 0 aliphatic rings. The lowest BCUT2D eigenvalue weighted by Gasteiger charge is -2.06. The van der Waals surface area contributed by atoms with Gasteiger partial charge < -0.3 is 4.74 Å². The number of unbranched alkanes of at least 4 members (excludes halogenated alkanes) is 1.